The van der Waals surface area contributed by atoms with Crippen molar-refractivity contribution in [1.82, 2.24) is 0 Å². The summed E-state index contributed by atoms with van der Waals surface area (Å²) in [5.41, 5.74) is 1.70. The van der Waals surface area contributed by atoms with Crippen LogP contribution < -0.4 is 19.7 Å². The highest BCUT2D eigenvalue weighted by molar-refractivity contribution is 5.94. The molecule has 3 rings (SSSR count). The van der Waals surface area contributed by atoms with E-state index in [-0.39, 0.29) is 12.5 Å². The van der Waals surface area contributed by atoms with Gasteiger partial charge in [0.1, 0.15) is 13.2 Å². The zero-order chi connectivity index (χ0) is 15.4. The average Bonchev–Trinajstić information content (AvgIpc) is 2.55. The summed E-state index contributed by atoms with van der Waals surface area (Å²) in [7, 11) is 1.89. The molecule has 1 heterocycles. The van der Waals surface area contributed by atoms with Crippen molar-refractivity contribution >= 4 is 17.3 Å². The minimum Gasteiger partial charge on any atom is -0.486 e. The molecule has 0 atom stereocenters. The second-order valence-electron chi connectivity index (χ2n) is 5.10. The van der Waals surface area contributed by atoms with E-state index < -0.39 is 0 Å². The van der Waals surface area contributed by atoms with Crippen molar-refractivity contribution in [2.75, 3.05) is 37.0 Å². The lowest BCUT2D eigenvalue weighted by Gasteiger charge is -2.20. The fraction of sp³-hybridized carbons (Fsp3) is 0.235. The van der Waals surface area contributed by atoms with Crippen molar-refractivity contribution in [3.63, 3.8) is 0 Å². The van der Waals surface area contributed by atoms with Gasteiger partial charge in [-0.05, 0) is 24.3 Å². The molecule has 1 amide bonds. The predicted octanol–water partition coefficient (Wildman–Crippen LogP) is 2.53. The van der Waals surface area contributed by atoms with E-state index in [1.54, 1.807) is 6.07 Å². The molecule has 0 unspecified atom stereocenters. The van der Waals surface area contributed by atoms with E-state index in [1.807, 2.05) is 54.4 Å². The lowest BCUT2D eigenvalue weighted by molar-refractivity contribution is -0.114. The second-order valence-corrected chi connectivity index (χ2v) is 5.10. The first-order valence-electron chi connectivity index (χ1n) is 7.18. The highest BCUT2D eigenvalue weighted by Gasteiger charge is 2.13. The van der Waals surface area contributed by atoms with Gasteiger partial charge in [-0.1, -0.05) is 18.2 Å². The molecule has 2 aromatic carbocycles. The highest BCUT2D eigenvalue weighted by Crippen LogP contribution is 2.32. The molecular formula is C17H18N2O3. The van der Waals surface area contributed by atoms with Crippen LogP contribution in [-0.2, 0) is 4.79 Å². The van der Waals surface area contributed by atoms with Gasteiger partial charge in [-0.25, -0.2) is 0 Å². The van der Waals surface area contributed by atoms with E-state index in [0.29, 0.717) is 30.4 Å². The monoisotopic (exact) mass is 298 g/mol. The smallest absolute Gasteiger partial charge is 0.243 e. The molecule has 0 saturated carbocycles. The zero-order valence-corrected chi connectivity index (χ0v) is 12.4. The van der Waals surface area contributed by atoms with E-state index in [2.05, 4.69) is 5.32 Å². The van der Waals surface area contributed by atoms with Crippen LogP contribution >= 0.6 is 0 Å². The molecule has 22 heavy (non-hydrogen) atoms. The molecule has 2 aromatic rings. The van der Waals surface area contributed by atoms with Gasteiger partial charge in [0.05, 0.1) is 6.54 Å². The Morgan fingerprint density at radius 2 is 1.82 bits per heavy atom. The van der Waals surface area contributed by atoms with Crippen LogP contribution in [0.3, 0.4) is 0 Å². The van der Waals surface area contributed by atoms with Crippen LogP contribution in [0.1, 0.15) is 0 Å². The topological polar surface area (TPSA) is 50.8 Å². The number of anilines is 2. The van der Waals surface area contributed by atoms with E-state index in [0.717, 1.165) is 5.69 Å². The van der Waals surface area contributed by atoms with Crippen molar-refractivity contribution in [1.29, 1.82) is 0 Å². The minimum atomic E-state index is -0.0805. The van der Waals surface area contributed by atoms with Gasteiger partial charge in [0.15, 0.2) is 11.5 Å². The summed E-state index contributed by atoms with van der Waals surface area (Å²) < 4.78 is 11.0. The Bertz CT molecular complexity index is 658. The van der Waals surface area contributed by atoms with Gasteiger partial charge < -0.3 is 19.7 Å². The number of rotatable bonds is 4. The molecule has 1 N–H and O–H groups in total. The Balaban J connectivity index is 1.62. The number of likely N-dealkylation sites (N-methyl/N-ethyl adjacent to an activating group) is 1. The first-order chi connectivity index (χ1) is 10.7. The van der Waals surface area contributed by atoms with Crippen molar-refractivity contribution in [3.05, 3.63) is 48.5 Å². The number of hydrogen-bond donors (Lipinski definition) is 1. The van der Waals surface area contributed by atoms with Gasteiger partial charge in [0, 0.05) is 24.5 Å². The lowest BCUT2D eigenvalue weighted by atomic mass is 10.2. The van der Waals surface area contributed by atoms with Gasteiger partial charge in [-0.2, -0.15) is 0 Å². The maximum atomic E-state index is 12.1. The first-order valence-corrected chi connectivity index (χ1v) is 7.18. The van der Waals surface area contributed by atoms with E-state index >= 15 is 0 Å². The molecule has 0 radical (unpaired) electrons. The molecule has 1 aliphatic rings. The number of carbonyl (C=O) groups is 1. The average molecular weight is 298 g/mol. The van der Waals surface area contributed by atoms with Gasteiger partial charge in [0.25, 0.3) is 0 Å². The second kappa shape index (κ2) is 6.39. The van der Waals surface area contributed by atoms with Crippen molar-refractivity contribution in [3.8, 4) is 11.5 Å². The highest BCUT2D eigenvalue weighted by atomic mass is 16.6. The fourth-order valence-corrected chi connectivity index (χ4v) is 2.31. The summed E-state index contributed by atoms with van der Waals surface area (Å²) in [4.78, 5) is 14.0. The normalized spacial score (nSPS) is 12.6. The number of ether oxygens (including phenoxy) is 2. The largest absolute Gasteiger partial charge is 0.486 e. The van der Waals surface area contributed by atoms with Gasteiger partial charge >= 0.3 is 0 Å². The van der Waals surface area contributed by atoms with Crippen LogP contribution in [0, 0.1) is 0 Å². The quantitative estimate of drug-likeness (QED) is 0.942. The lowest BCUT2D eigenvalue weighted by Crippen LogP contribution is -2.30. The number of nitrogens with zero attached hydrogens (tertiary/aromatic N) is 1. The summed E-state index contributed by atoms with van der Waals surface area (Å²) in [6, 6.07) is 15.2. The zero-order valence-electron chi connectivity index (χ0n) is 12.4. The summed E-state index contributed by atoms with van der Waals surface area (Å²) >= 11 is 0. The molecule has 0 spiro atoms. The third-order valence-corrected chi connectivity index (χ3v) is 3.40. The summed E-state index contributed by atoms with van der Waals surface area (Å²) in [5, 5.41) is 2.88. The van der Waals surface area contributed by atoms with Crippen LogP contribution in [0.2, 0.25) is 0 Å². The predicted molar refractivity (Wildman–Crippen MR) is 85.8 cm³/mol. The van der Waals surface area contributed by atoms with Gasteiger partial charge in [-0.3, -0.25) is 4.79 Å². The molecule has 5 heteroatoms. The van der Waals surface area contributed by atoms with E-state index in [9.17, 15) is 4.79 Å². The van der Waals surface area contributed by atoms with Crippen LogP contribution in [0.25, 0.3) is 0 Å². The first kappa shape index (κ1) is 14.3. The molecule has 0 aliphatic carbocycles. The number of hydrogen-bond acceptors (Lipinski definition) is 4. The molecule has 5 nitrogen and oxygen atoms in total. The molecular weight excluding hydrogens is 280 g/mol. The SMILES string of the molecule is CN(CC(=O)Nc1ccc2c(c1)OCCO2)c1ccccc1. The fourth-order valence-electron chi connectivity index (χ4n) is 2.31. The number of para-hydroxylation sites is 1. The van der Waals surface area contributed by atoms with Crippen LogP contribution in [-0.4, -0.2) is 32.7 Å². The molecule has 0 bridgehead atoms. The van der Waals surface area contributed by atoms with Gasteiger partial charge in [-0.15, -0.1) is 0 Å². The maximum Gasteiger partial charge on any atom is 0.243 e. The maximum absolute atomic E-state index is 12.1. The standard InChI is InChI=1S/C17H18N2O3/c1-19(14-5-3-2-4-6-14)12-17(20)18-13-7-8-15-16(11-13)22-10-9-21-15/h2-8,11H,9-10,12H2,1H3,(H,18,20). The molecule has 0 aromatic heterocycles. The number of carbonyl (C=O) groups excluding carboxylic acids is 1. The number of amides is 1. The molecule has 0 fully saturated rings. The third-order valence-electron chi connectivity index (χ3n) is 3.40. The Morgan fingerprint density at radius 1 is 1.09 bits per heavy atom. The van der Waals surface area contributed by atoms with E-state index in [4.69, 9.17) is 9.47 Å². The van der Waals surface area contributed by atoms with Crippen LogP contribution in [0.15, 0.2) is 48.5 Å². The Labute approximate surface area is 129 Å². The van der Waals surface area contributed by atoms with E-state index in [1.165, 1.54) is 0 Å². The van der Waals surface area contributed by atoms with Crippen molar-refractivity contribution in [2.45, 2.75) is 0 Å². The summed E-state index contributed by atoms with van der Waals surface area (Å²) in [6.45, 7) is 1.36. The molecule has 0 saturated heterocycles. The van der Waals surface area contributed by atoms with Crippen LogP contribution in [0.4, 0.5) is 11.4 Å². The molecule has 114 valence electrons. The minimum absolute atomic E-state index is 0.0805. The van der Waals surface area contributed by atoms with Crippen molar-refractivity contribution in [2.24, 2.45) is 0 Å². The Hall–Kier alpha value is -2.69. The number of fused-ring (bicyclic) bond motifs is 1. The summed E-state index contributed by atoms with van der Waals surface area (Å²) in [5.74, 6) is 1.30. The Kier molecular flexibility index (Phi) is 4.14. The van der Waals surface area contributed by atoms with Crippen LogP contribution in [0.5, 0.6) is 11.5 Å². The summed E-state index contributed by atoms with van der Waals surface area (Å²) in [6.07, 6.45) is 0. The molecule has 1 aliphatic heterocycles. The third kappa shape index (κ3) is 3.31. The number of nitrogens with one attached hydrogen (secondary N) is 1. The van der Waals surface area contributed by atoms with Gasteiger partial charge in [0.2, 0.25) is 5.91 Å². The number of benzene rings is 2. The Morgan fingerprint density at radius 3 is 2.59 bits per heavy atom. The van der Waals surface area contributed by atoms with Crippen molar-refractivity contribution < 1.29 is 14.3 Å².